The Kier molecular flexibility index (Phi) is 31.4. The smallest absolute Gasteiger partial charge is 0.291 e. The predicted molar refractivity (Wildman–Crippen MR) is 518 cm³/mol. The van der Waals surface area contributed by atoms with Gasteiger partial charge in [-0.1, -0.05) is 12.1 Å². The van der Waals surface area contributed by atoms with Gasteiger partial charge in [0.1, 0.15) is 72.3 Å². The van der Waals surface area contributed by atoms with E-state index in [0.717, 1.165) is 63.5 Å². The normalized spacial score (nSPS) is 12.4. The monoisotopic (exact) mass is 1980 g/mol. The first-order valence-electron chi connectivity index (χ1n) is 43.7. The Morgan fingerprint density at radius 1 is 0.401 bits per heavy atom. The first-order valence-corrected chi connectivity index (χ1v) is 46.3. The van der Waals surface area contributed by atoms with Gasteiger partial charge in [-0.2, -0.15) is 51.0 Å². The number of rotatable bonds is 28. The Bertz CT molecular complexity index is 7220. The van der Waals surface area contributed by atoms with Gasteiger partial charge in [0.05, 0.1) is 137 Å². The maximum atomic E-state index is 12.8. The number of aromatic amines is 4. The predicted octanol–water partition coefficient (Wildman–Crippen LogP) is 15.2. The average molecular weight is 1980 g/mol. The van der Waals surface area contributed by atoms with Gasteiger partial charge in [-0.25, -0.2) is 15.0 Å². The zero-order valence-corrected chi connectivity index (χ0v) is 78.4. The van der Waals surface area contributed by atoms with Crippen molar-refractivity contribution >= 4 is 98.5 Å². The molecule has 0 aliphatic carbocycles. The van der Waals surface area contributed by atoms with E-state index < -0.39 is 0 Å². The Morgan fingerprint density at radius 2 is 0.754 bits per heavy atom. The van der Waals surface area contributed by atoms with Crippen LogP contribution in [0.1, 0.15) is 90.5 Å². The van der Waals surface area contributed by atoms with Gasteiger partial charge in [-0.3, -0.25) is 87.2 Å². The lowest BCUT2D eigenvalue weighted by atomic mass is 10.1. The fourth-order valence-electron chi connectivity index (χ4n) is 14.4. The molecule has 10 N–H and O–H groups in total. The summed E-state index contributed by atoms with van der Waals surface area (Å²) >= 11 is 4.40. The number of aryl methyl sites for hydroxylation is 3. The number of H-pyrrole nitrogens is 4. The lowest BCUT2D eigenvalue weighted by Crippen LogP contribution is -2.20. The summed E-state index contributed by atoms with van der Waals surface area (Å²) in [5.41, 5.74) is 11.2. The minimum Gasteiger partial charge on any atom is -0.483 e. The Hall–Kier alpha value is -17.7. The van der Waals surface area contributed by atoms with Gasteiger partial charge in [-0.05, 0) is 111 Å². The molecule has 2 saturated heterocycles. The van der Waals surface area contributed by atoms with Crippen LogP contribution in [0.5, 0.6) is 0 Å². The minimum atomic E-state index is -0.376. The summed E-state index contributed by atoms with van der Waals surface area (Å²) in [4.78, 5) is 93.4. The maximum absolute atomic E-state index is 12.8. The third-order valence-corrected chi connectivity index (χ3v) is 23.5. The van der Waals surface area contributed by atoms with Crippen molar-refractivity contribution in [1.82, 2.24) is 124 Å². The molecule has 2 fully saturated rings. The van der Waals surface area contributed by atoms with Crippen LogP contribution >= 0.6 is 34.0 Å². The van der Waals surface area contributed by atoms with E-state index in [9.17, 15) is 24.0 Å². The first kappa shape index (κ1) is 96.1. The molecule has 2 aliphatic heterocycles. The van der Waals surface area contributed by atoms with Crippen molar-refractivity contribution in [3.05, 3.63) is 266 Å². The van der Waals surface area contributed by atoms with Crippen molar-refractivity contribution in [2.75, 3.05) is 79.9 Å². The highest BCUT2D eigenvalue weighted by atomic mass is 32.1. The molecule has 0 aromatic carbocycles. The quantitative estimate of drug-likeness (QED) is 0.0161. The molecule has 5 amide bonds. The minimum absolute atomic E-state index is 0.187. The molecule has 20 aromatic heterocycles. The summed E-state index contributed by atoms with van der Waals surface area (Å²) in [5, 5.41) is 82.4. The Labute approximate surface area is 815 Å². The molecule has 0 atom stereocenters. The molecule has 0 bridgehead atoms. The van der Waals surface area contributed by atoms with Crippen molar-refractivity contribution in [3.8, 4) is 111 Å². The molecule has 20 aromatic rings. The van der Waals surface area contributed by atoms with Gasteiger partial charge in [-0.15, -0.1) is 34.0 Å². The second-order valence-electron chi connectivity index (χ2n) is 30.8. The molecule has 0 unspecified atom stereocenters. The molecule has 22 heterocycles. The fraction of sp³-hybridized carbons (Fsp3) is 0.194. The summed E-state index contributed by atoms with van der Waals surface area (Å²) in [6, 6.07) is 28.4. The molecule has 2 aliphatic rings. The summed E-state index contributed by atoms with van der Waals surface area (Å²) < 4.78 is 60.1. The SMILES string of the molecule is COCCOCCn1cc(NC(=O)c2ccc(-c3cn[nH]c3)o2)c(-c2nccs2)n1.Cn1cc(-c2ccc(C(=O)Nc3cn(C)nc3-c3ccccn3)o2)cn1.Cn1cc(NC(=O)c2ccc(-c3cn[nH]c3)o2)c(-c2ccccn2)n1.O=C(Nc1cn(C2CCOCC2)nc1-c1nccs1)c1ccc(-c2cn[nH]c2)o1.O=C(Nc1cn(C2CCOCC2)nc1-c1nccs1)c1ccc(-c2cn[nH]c2)o1.O=CO. The van der Waals surface area contributed by atoms with Crippen LogP contribution in [-0.2, 0) is 51.4 Å². The van der Waals surface area contributed by atoms with E-state index in [0.29, 0.717) is 155 Å². The van der Waals surface area contributed by atoms with Gasteiger partial charge in [0.15, 0.2) is 28.8 Å². The highest BCUT2D eigenvalue weighted by Gasteiger charge is 2.29. The molecule has 0 saturated carbocycles. The van der Waals surface area contributed by atoms with Crippen LogP contribution in [0.15, 0.2) is 259 Å². The van der Waals surface area contributed by atoms with Crippen molar-refractivity contribution in [1.29, 1.82) is 0 Å². The van der Waals surface area contributed by atoms with Crippen molar-refractivity contribution in [2.45, 2.75) is 44.3 Å². The Balaban J connectivity index is 0.000000121. The van der Waals surface area contributed by atoms with Crippen LogP contribution in [0.25, 0.3) is 111 Å². The summed E-state index contributed by atoms with van der Waals surface area (Å²) in [6.07, 6.45) is 37.8. The van der Waals surface area contributed by atoms with E-state index in [-0.39, 0.29) is 76.9 Å². The summed E-state index contributed by atoms with van der Waals surface area (Å²) in [5.74, 6) is 2.09. The van der Waals surface area contributed by atoms with Gasteiger partial charge < -0.3 is 72.7 Å². The third-order valence-electron chi connectivity index (χ3n) is 21.1. The molecular weight excluding hydrogens is 1890 g/mol. The van der Waals surface area contributed by atoms with Gasteiger partial charge >= 0.3 is 0 Å². The number of amides is 5. The number of nitrogens with zero attached hydrogens (tertiary/aromatic N) is 21. The van der Waals surface area contributed by atoms with Gasteiger partial charge in [0.2, 0.25) is 0 Å². The number of pyridine rings is 2. The van der Waals surface area contributed by atoms with E-state index in [1.165, 1.54) is 34.0 Å². The van der Waals surface area contributed by atoms with Crippen LogP contribution in [0.4, 0.5) is 28.4 Å². The van der Waals surface area contributed by atoms with E-state index in [2.05, 4.69) is 113 Å². The lowest BCUT2D eigenvalue weighted by Gasteiger charge is -2.22. The number of furan rings is 5. The number of methoxy groups -OCH3 is 1. The largest absolute Gasteiger partial charge is 0.483 e. The van der Waals surface area contributed by atoms with Crippen LogP contribution in [-0.4, -0.2) is 219 Å². The average Bonchev–Trinajstić information content (AvgIpc) is 1.65. The van der Waals surface area contributed by atoms with Crippen LogP contribution in [0.2, 0.25) is 0 Å². The summed E-state index contributed by atoms with van der Waals surface area (Å²) in [6.45, 7) is 4.65. The lowest BCUT2D eigenvalue weighted by molar-refractivity contribution is -0.122. The zero-order chi connectivity index (χ0) is 98.1. The number of carbonyl (C=O) groups is 6. The van der Waals surface area contributed by atoms with E-state index in [1.54, 1.807) is 206 Å². The van der Waals surface area contributed by atoms with Gasteiger partial charge in [0, 0.05) is 164 Å². The first-order chi connectivity index (χ1) is 69.5. The molecule has 142 heavy (non-hydrogen) atoms. The van der Waals surface area contributed by atoms with Crippen LogP contribution in [0.3, 0.4) is 0 Å². The van der Waals surface area contributed by atoms with E-state index >= 15 is 0 Å². The van der Waals surface area contributed by atoms with E-state index in [4.69, 9.17) is 61.1 Å². The molecule has 22 rings (SSSR count). The second-order valence-corrected chi connectivity index (χ2v) is 33.5. The number of anilines is 5. The number of ether oxygens (including phenoxy) is 4. The number of thiazole rings is 3. The third kappa shape index (κ3) is 24.3. The number of carboxylic acid groups (broad SMARTS) is 1. The highest BCUT2D eigenvalue weighted by Crippen LogP contribution is 2.38. The molecule has 46 nitrogen and oxygen atoms in total. The molecule has 0 radical (unpaired) electrons. The standard InChI is InChI=1S/C19H20N6O4S.2C19H18N6O3S.C18H16N6O2.C17H14N6O2.CH2O2/c1-27-7-8-28-6-5-25-12-14(17(24-25)19-20-4-9-30-19)23-18(26)16-3-2-15(29-16)13-10-21-22-11-13;2*26-18(16-2-1-15(28-16)12-9-21-22-10-12)23-14-11-25(13-3-6-27-7-4-13)24-17(14)19-20-5-8-29-19;1-23-10-12(9-20-23)15-6-7-16(26-15)18(25)21-14-11-24(2)22-17(14)13-5-3-4-8-19-13;1-23-10-13(16(22-23)12-4-2-3-7-18-12)21-17(24)15-6-5-14(25-15)11-8-19-20-9-11;2-1-3/h2-4,9-12H,5-8H2,1H3,(H,21,22)(H,23,26);2*1-2,5,8-11,13H,3-4,6-7H2,(H,21,22)(H,23,26);3-11H,1-2H3,(H,21,25);2-10H,1H3,(H,19,20)(H,21,24);1H,(H,2,3). The van der Waals surface area contributed by atoms with E-state index in [1.807, 2.05) is 87.5 Å². The number of hydrogen-bond acceptors (Lipinski definition) is 33. The molecule has 724 valence electrons. The fourth-order valence-corrected chi connectivity index (χ4v) is 16.3. The number of nitrogens with one attached hydrogen (secondary N) is 9. The summed E-state index contributed by atoms with van der Waals surface area (Å²) in [7, 11) is 7.02. The van der Waals surface area contributed by atoms with Crippen molar-refractivity contribution < 1.29 is 74.9 Å². The topological polar surface area (TPSA) is 572 Å². The van der Waals surface area contributed by atoms with Crippen LogP contribution in [0, 0.1) is 0 Å². The highest BCUT2D eigenvalue weighted by molar-refractivity contribution is 7.13. The zero-order valence-electron chi connectivity index (χ0n) is 75.9. The Morgan fingerprint density at radius 3 is 1.07 bits per heavy atom. The van der Waals surface area contributed by atoms with Gasteiger partial charge in [0.25, 0.3) is 36.0 Å². The van der Waals surface area contributed by atoms with Crippen molar-refractivity contribution in [3.63, 3.8) is 0 Å². The van der Waals surface area contributed by atoms with Crippen LogP contribution < -0.4 is 26.6 Å². The maximum Gasteiger partial charge on any atom is 0.291 e. The number of carbonyl (C=O) groups excluding carboxylic acids is 5. The molecule has 0 spiro atoms. The molecular formula is C93H88N30O16S3. The van der Waals surface area contributed by atoms with Crippen molar-refractivity contribution in [2.24, 2.45) is 21.1 Å². The number of hydrogen-bond donors (Lipinski definition) is 10. The number of aromatic nitrogens is 25. The second kappa shape index (κ2) is 46.5. The molecule has 49 heteroatoms.